The lowest BCUT2D eigenvalue weighted by molar-refractivity contribution is 0.731. The lowest BCUT2D eigenvalue weighted by atomic mass is 9.65. The van der Waals surface area contributed by atoms with Crippen molar-refractivity contribution < 1.29 is 0 Å². The van der Waals surface area contributed by atoms with E-state index in [0.717, 1.165) is 33.5 Å². The Morgan fingerprint density at radius 1 is 0.357 bits per heavy atom. The van der Waals surface area contributed by atoms with E-state index < -0.39 is 5.41 Å². The molecule has 0 saturated heterocycles. The average Bonchev–Trinajstić information content (AvgIpc) is 3.57. The molecule has 1 spiro atoms. The predicted molar refractivity (Wildman–Crippen MR) is 232 cm³/mol. The van der Waals surface area contributed by atoms with Gasteiger partial charge in [0.25, 0.3) is 0 Å². The van der Waals surface area contributed by atoms with Crippen LogP contribution in [0, 0.1) is 0 Å². The van der Waals surface area contributed by atoms with Crippen molar-refractivity contribution in [3.8, 4) is 44.9 Å². The number of rotatable bonds is 3. The second-order valence-corrected chi connectivity index (χ2v) is 15.8. The summed E-state index contributed by atoms with van der Waals surface area (Å²) in [6.07, 6.45) is 0. The molecule has 1 aromatic heterocycles. The average molecular weight is 729 g/mol. The highest BCUT2D eigenvalue weighted by atomic mass is 32.2. The lowest BCUT2D eigenvalue weighted by Gasteiger charge is -2.41. The standard InChI is InChI=1S/C53H32N2S/c1-2-15-36(16-3-1)49-43-20-9-11-24-47(43)54-52(55-49)37-27-25-35(26-28-37)38-21-12-22-42-41-19-8-10-23-44(41)53(48(38)42)45-31-29-33-13-4-6-17-39(33)50(45)56-51-40-18-7-5-14-34(40)30-32-46(51)53/h1-32H. The largest absolute Gasteiger partial charge is 0.228 e. The summed E-state index contributed by atoms with van der Waals surface area (Å²) >= 11 is 1.94. The number of hydrogen-bond acceptors (Lipinski definition) is 3. The molecule has 3 heteroatoms. The molecule has 2 aliphatic rings. The molecule has 2 nitrogen and oxygen atoms in total. The van der Waals surface area contributed by atoms with Crippen LogP contribution in [0.1, 0.15) is 22.3 Å². The third kappa shape index (κ3) is 4.40. The van der Waals surface area contributed by atoms with E-state index in [1.54, 1.807) is 0 Å². The number of aromatic nitrogens is 2. The minimum absolute atomic E-state index is 0.531. The lowest BCUT2D eigenvalue weighted by Crippen LogP contribution is -2.32. The maximum atomic E-state index is 5.18. The molecule has 1 aliphatic heterocycles. The molecular formula is C53H32N2S. The fraction of sp³-hybridized carbons (Fsp3) is 0.0189. The third-order valence-corrected chi connectivity index (χ3v) is 13.2. The minimum atomic E-state index is -0.531. The predicted octanol–water partition coefficient (Wildman–Crippen LogP) is 13.8. The molecule has 12 rings (SSSR count). The van der Waals surface area contributed by atoms with Crippen molar-refractivity contribution in [1.29, 1.82) is 0 Å². The normalized spacial score (nSPS) is 13.4. The van der Waals surface area contributed by atoms with Gasteiger partial charge in [-0.1, -0.05) is 200 Å². The number of hydrogen-bond donors (Lipinski definition) is 0. The Bertz CT molecular complexity index is 3140. The van der Waals surface area contributed by atoms with Crippen molar-refractivity contribution in [3.63, 3.8) is 0 Å². The Hall–Kier alpha value is -6.81. The second-order valence-electron chi connectivity index (χ2n) is 14.8. The van der Waals surface area contributed by atoms with E-state index in [4.69, 9.17) is 9.97 Å². The summed E-state index contributed by atoms with van der Waals surface area (Å²) in [6, 6.07) is 70.9. The fourth-order valence-electron chi connectivity index (χ4n) is 9.52. The first-order valence-corrected chi connectivity index (χ1v) is 20.0. The fourth-order valence-corrected chi connectivity index (χ4v) is 11.0. The molecule has 0 saturated carbocycles. The van der Waals surface area contributed by atoms with Crippen LogP contribution in [0.25, 0.3) is 77.3 Å². The minimum Gasteiger partial charge on any atom is -0.228 e. The first-order chi connectivity index (χ1) is 27.8. The number of fused-ring (bicyclic) bond motifs is 14. The topological polar surface area (TPSA) is 25.8 Å². The van der Waals surface area contributed by atoms with Gasteiger partial charge in [-0.25, -0.2) is 9.97 Å². The van der Waals surface area contributed by atoms with Crippen LogP contribution in [0.15, 0.2) is 204 Å². The van der Waals surface area contributed by atoms with Crippen LogP contribution in [0.5, 0.6) is 0 Å². The quantitative estimate of drug-likeness (QED) is 0.181. The Morgan fingerprint density at radius 3 is 1.66 bits per heavy atom. The molecular weight excluding hydrogens is 697 g/mol. The van der Waals surface area contributed by atoms with Crippen LogP contribution in [0.3, 0.4) is 0 Å². The van der Waals surface area contributed by atoms with E-state index in [1.807, 2.05) is 23.9 Å². The highest BCUT2D eigenvalue weighted by Gasteiger charge is 2.52. The van der Waals surface area contributed by atoms with Gasteiger partial charge in [0.1, 0.15) is 0 Å². The number of nitrogens with zero attached hydrogens (tertiary/aromatic N) is 2. The van der Waals surface area contributed by atoms with Crippen LogP contribution in [0.4, 0.5) is 0 Å². The molecule has 0 unspecified atom stereocenters. The highest BCUT2D eigenvalue weighted by molar-refractivity contribution is 8.00. The zero-order chi connectivity index (χ0) is 36.8. The summed E-state index contributed by atoms with van der Waals surface area (Å²) in [5, 5.41) is 6.17. The molecule has 0 N–H and O–H groups in total. The zero-order valence-electron chi connectivity index (χ0n) is 30.3. The van der Waals surface area contributed by atoms with Gasteiger partial charge in [0.2, 0.25) is 0 Å². The van der Waals surface area contributed by atoms with E-state index in [-0.39, 0.29) is 0 Å². The molecule has 0 radical (unpaired) electrons. The first kappa shape index (κ1) is 31.5. The molecule has 260 valence electrons. The maximum absolute atomic E-state index is 5.18. The summed E-state index contributed by atoms with van der Waals surface area (Å²) in [5.74, 6) is 0.724. The Balaban J connectivity index is 1.11. The summed E-state index contributed by atoms with van der Waals surface area (Å²) in [7, 11) is 0. The summed E-state index contributed by atoms with van der Waals surface area (Å²) in [5.41, 5.74) is 13.8. The van der Waals surface area contributed by atoms with Gasteiger partial charge < -0.3 is 0 Å². The van der Waals surface area contributed by atoms with Crippen LogP contribution in [0.2, 0.25) is 0 Å². The molecule has 1 aliphatic carbocycles. The molecule has 0 amide bonds. The van der Waals surface area contributed by atoms with Gasteiger partial charge in [0.15, 0.2) is 5.82 Å². The molecule has 0 atom stereocenters. The van der Waals surface area contributed by atoms with E-state index in [0.29, 0.717) is 0 Å². The van der Waals surface area contributed by atoms with Gasteiger partial charge in [-0.3, -0.25) is 0 Å². The van der Waals surface area contributed by atoms with Crippen LogP contribution < -0.4 is 0 Å². The van der Waals surface area contributed by atoms with E-state index in [2.05, 4.69) is 182 Å². The van der Waals surface area contributed by atoms with Crippen molar-refractivity contribution >= 4 is 44.2 Å². The smallest absolute Gasteiger partial charge is 0.160 e. The van der Waals surface area contributed by atoms with Crippen molar-refractivity contribution in [2.75, 3.05) is 0 Å². The first-order valence-electron chi connectivity index (χ1n) is 19.2. The summed E-state index contributed by atoms with van der Waals surface area (Å²) < 4.78 is 0. The molecule has 0 fully saturated rings. The van der Waals surface area contributed by atoms with Crippen molar-refractivity contribution in [2.45, 2.75) is 15.2 Å². The molecule has 0 bridgehead atoms. The van der Waals surface area contributed by atoms with Crippen LogP contribution >= 0.6 is 11.8 Å². The van der Waals surface area contributed by atoms with Gasteiger partial charge in [0.05, 0.1) is 16.6 Å². The summed E-state index contributed by atoms with van der Waals surface area (Å²) in [6.45, 7) is 0. The Morgan fingerprint density at radius 2 is 0.929 bits per heavy atom. The van der Waals surface area contributed by atoms with Gasteiger partial charge >= 0.3 is 0 Å². The van der Waals surface area contributed by atoms with Gasteiger partial charge in [-0.2, -0.15) is 0 Å². The van der Waals surface area contributed by atoms with Crippen molar-refractivity contribution in [2.24, 2.45) is 0 Å². The molecule has 10 aromatic rings. The zero-order valence-corrected chi connectivity index (χ0v) is 31.1. The molecule has 2 heterocycles. The van der Waals surface area contributed by atoms with Gasteiger partial charge in [-0.15, -0.1) is 0 Å². The number of benzene rings is 9. The highest BCUT2D eigenvalue weighted by Crippen LogP contribution is 2.65. The van der Waals surface area contributed by atoms with E-state index in [1.165, 1.54) is 75.8 Å². The maximum Gasteiger partial charge on any atom is 0.160 e. The third-order valence-electron chi connectivity index (χ3n) is 11.9. The number of para-hydroxylation sites is 1. The molecule has 9 aromatic carbocycles. The van der Waals surface area contributed by atoms with E-state index in [9.17, 15) is 0 Å². The monoisotopic (exact) mass is 728 g/mol. The Kier molecular flexibility index (Phi) is 6.81. The van der Waals surface area contributed by atoms with E-state index >= 15 is 0 Å². The van der Waals surface area contributed by atoms with Crippen LogP contribution in [-0.4, -0.2) is 9.97 Å². The van der Waals surface area contributed by atoms with Crippen molar-refractivity contribution in [3.05, 3.63) is 216 Å². The van der Waals surface area contributed by atoms with Gasteiger partial charge in [-0.05, 0) is 72.1 Å². The van der Waals surface area contributed by atoms with Gasteiger partial charge in [0, 0.05) is 26.3 Å². The summed E-state index contributed by atoms with van der Waals surface area (Å²) in [4.78, 5) is 12.9. The SMILES string of the molecule is c1ccc(-c2nc(-c3ccc(-c4cccc5c4C4(c6ccccc6-5)c5ccc6ccccc6c5Sc5c4ccc4ccccc54)cc3)nc3ccccc23)cc1. The van der Waals surface area contributed by atoms with Crippen molar-refractivity contribution in [1.82, 2.24) is 9.97 Å². The van der Waals surface area contributed by atoms with Crippen LogP contribution in [-0.2, 0) is 5.41 Å². The Labute approximate surface area is 329 Å². The second kappa shape index (κ2) is 12.1. The molecule has 56 heavy (non-hydrogen) atoms.